The molecule has 0 heterocycles. The molecule has 3 nitrogen and oxygen atoms in total. The molecule has 0 radical (unpaired) electrons. The van der Waals surface area contributed by atoms with Crippen molar-refractivity contribution < 1.29 is 9.53 Å². The number of hydrogen-bond acceptors (Lipinski definition) is 3. The summed E-state index contributed by atoms with van der Waals surface area (Å²) < 4.78 is 5.03. The second-order valence-corrected chi connectivity index (χ2v) is 3.65. The molecule has 0 aromatic carbocycles. The topological polar surface area (TPSA) is 29.5 Å². The normalized spacial score (nSPS) is 10.3. The highest BCUT2D eigenvalue weighted by molar-refractivity contribution is 5.87. The van der Waals surface area contributed by atoms with Crippen molar-refractivity contribution in [3.63, 3.8) is 0 Å². The van der Waals surface area contributed by atoms with Gasteiger partial charge in [0.1, 0.15) is 6.61 Å². The molecule has 0 amide bonds. The average molecular weight is 199 g/mol. The molecule has 0 unspecified atom stereocenters. The molecule has 3 heteroatoms. The highest BCUT2D eigenvalue weighted by atomic mass is 16.5. The minimum Gasteiger partial charge on any atom is -0.461 e. The van der Waals surface area contributed by atoms with E-state index in [1.54, 1.807) is 0 Å². The van der Waals surface area contributed by atoms with E-state index >= 15 is 0 Å². The summed E-state index contributed by atoms with van der Waals surface area (Å²) >= 11 is 0. The Hall–Kier alpha value is -0.830. The molecule has 0 saturated carbocycles. The molecule has 0 aromatic rings. The van der Waals surface area contributed by atoms with Crippen LogP contribution in [0.25, 0.3) is 0 Å². The number of hydrogen-bond donors (Lipinski definition) is 0. The summed E-state index contributed by atoms with van der Waals surface area (Å²) in [5.41, 5.74) is 0.589. The largest absolute Gasteiger partial charge is 0.461 e. The van der Waals surface area contributed by atoms with Gasteiger partial charge in [-0.05, 0) is 26.9 Å². The lowest BCUT2D eigenvalue weighted by atomic mass is 10.1. The van der Waals surface area contributed by atoms with E-state index in [1.165, 1.54) is 0 Å². The fourth-order valence-electron chi connectivity index (χ4n) is 0.915. The zero-order chi connectivity index (χ0) is 11.0. The molecule has 0 rings (SSSR count). The molecule has 14 heavy (non-hydrogen) atoms. The summed E-state index contributed by atoms with van der Waals surface area (Å²) in [5.74, 6) is -0.250. The first-order valence-corrected chi connectivity index (χ1v) is 5.07. The van der Waals surface area contributed by atoms with E-state index in [1.807, 2.05) is 19.0 Å². The number of carbonyl (C=O) groups excluding carboxylic acids is 1. The van der Waals surface area contributed by atoms with Gasteiger partial charge in [-0.1, -0.05) is 19.9 Å². The Morgan fingerprint density at radius 1 is 1.43 bits per heavy atom. The van der Waals surface area contributed by atoms with Crippen molar-refractivity contribution in [3.8, 4) is 0 Å². The average Bonchev–Trinajstić information content (AvgIpc) is 2.13. The van der Waals surface area contributed by atoms with Gasteiger partial charge < -0.3 is 9.64 Å². The van der Waals surface area contributed by atoms with Gasteiger partial charge in [0.25, 0.3) is 0 Å². The van der Waals surface area contributed by atoms with Crippen molar-refractivity contribution in [2.24, 2.45) is 0 Å². The van der Waals surface area contributed by atoms with E-state index in [9.17, 15) is 4.79 Å². The SMILES string of the molecule is C=C(CCCC)C(=O)OCCN(C)C. The van der Waals surface area contributed by atoms with Gasteiger partial charge in [0.2, 0.25) is 0 Å². The molecule has 0 aliphatic rings. The number of nitrogens with zero attached hydrogens (tertiary/aromatic N) is 1. The van der Waals surface area contributed by atoms with Gasteiger partial charge in [-0.25, -0.2) is 4.79 Å². The second-order valence-electron chi connectivity index (χ2n) is 3.65. The van der Waals surface area contributed by atoms with Crippen LogP contribution in [0, 0.1) is 0 Å². The van der Waals surface area contributed by atoms with Crippen LogP contribution in [-0.4, -0.2) is 38.1 Å². The Bertz CT molecular complexity index is 188. The molecule has 0 aromatic heterocycles. The number of likely N-dealkylation sites (N-methyl/N-ethyl adjacent to an activating group) is 1. The fraction of sp³-hybridized carbons (Fsp3) is 0.727. The van der Waals surface area contributed by atoms with Gasteiger partial charge in [-0.3, -0.25) is 0 Å². The van der Waals surface area contributed by atoms with E-state index in [2.05, 4.69) is 13.5 Å². The zero-order valence-electron chi connectivity index (χ0n) is 9.51. The van der Waals surface area contributed by atoms with Crippen LogP contribution in [0.3, 0.4) is 0 Å². The van der Waals surface area contributed by atoms with Crippen molar-refractivity contribution >= 4 is 5.97 Å². The molecule has 0 saturated heterocycles. The lowest BCUT2D eigenvalue weighted by molar-refractivity contribution is -0.139. The Labute approximate surface area is 86.7 Å². The standard InChI is InChI=1S/C11H21NO2/c1-5-6-7-10(2)11(13)14-9-8-12(3)4/h2,5-9H2,1,3-4H3. The maximum Gasteiger partial charge on any atom is 0.333 e. The van der Waals surface area contributed by atoms with Crippen LogP contribution < -0.4 is 0 Å². The van der Waals surface area contributed by atoms with Crippen LogP contribution in [0.2, 0.25) is 0 Å². The van der Waals surface area contributed by atoms with Gasteiger partial charge in [0.15, 0.2) is 0 Å². The van der Waals surface area contributed by atoms with Crippen molar-refractivity contribution in [1.82, 2.24) is 4.90 Å². The van der Waals surface area contributed by atoms with Crippen molar-refractivity contribution in [1.29, 1.82) is 0 Å². The van der Waals surface area contributed by atoms with Crippen molar-refractivity contribution in [3.05, 3.63) is 12.2 Å². The monoisotopic (exact) mass is 199 g/mol. The molecule has 0 spiro atoms. The third kappa shape index (κ3) is 6.66. The van der Waals surface area contributed by atoms with Crippen LogP contribution in [0.4, 0.5) is 0 Å². The predicted octanol–water partition coefficient (Wildman–Crippen LogP) is 1.84. The third-order valence-corrected chi connectivity index (χ3v) is 1.89. The fourth-order valence-corrected chi connectivity index (χ4v) is 0.915. The minimum absolute atomic E-state index is 0.250. The lowest BCUT2D eigenvalue weighted by Crippen LogP contribution is -2.20. The highest BCUT2D eigenvalue weighted by Crippen LogP contribution is 2.06. The van der Waals surface area contributed by atoms with Gasteiger partial charge >= 0.3 is 5.97 Å². The van der Waals surface area contributed by atoms with Gasteiger partial charge in [0, 0.05) is 12.1 Å². The quantitative estimate of drug-likeness (QED) is 0.463. The molecule has 0 aliphatic heterocycles. The zero-order valence-corrected chi connectivity index (χ0v) is 9.51. The maximum atomic E-state index is 11.3. The Balaban J connectivity index is 3.57. The Morgan fingerprint density at radius 3 is 2.57 bits per heavy atom. The molecule has 0 aliphatic carbocycles. The van der Waals surface area contributed by atoms with Crippen molar-refractivity contribution in [2.75, 3.05) is 27.2 Å². The first kappa shape index (κ1) is 13.2. The number of unbranched alkanes of at least 4 members (excludes halogenated alkanes) is 1. The predicted molar refractivity (Wildman–Crippen MR) is 58.2 cm³/mol. The second kappa shape index (κ2) is 7.56. The Kier molecular flexibility index (Phi) is 7.11. The van der Waals surface area contributed by atoms with E-state index in [0.29, 0.717) is 12.2 Å². The highest BCUT2D eigenvalue weighted by Gasteiger charge is 2.07. The first-order valence-electron chi connectivity index (χ1n) is 5.07. The van der Waals surface area contributed by atoms with E-state index in [4.69, 9.17) is 4.74 Å². The summed E-state index contributed by atoms with van der Waals surface area (Å²) in [6.07, 6.45) is 2.82. The number of ether oxygens (including phenoxy) is 1. The van der Waals surface area contributed by atoms with E-state index in [-0.39, 0.29) is 5.97 Å². The Morgan fingerprint density at radius 2 is 2.07 bits per heavy atom. The van der Waals surface area contributed by atoms with Gasteiger partial charge in [-0.15, -0.1) is 0 Å². The summed E-state index contributed by atoms with van der Waals surface area (Å²) in [6, 6.07) is 0. The molecular formula is C11H21NO2. The number of esters is 1. The summed E-state index contributed by atoms with van der Waals surface area (Å²) in [5, 5.41) is 0. The van der Waals surface area contributed by atoms with Crippen molar-refractivity contribution in [2.45, 2.75) is 26.2 Å². The number of rotatable bonds is 7. The molecule has 0 atom stereocenters. The van der Waals surface area contributed by atoms with Crippen LogP contribution in [0.1, 0.15) is 26.2 Å². The third-order valence-electron chi connectivity index (χ3n) is 1.89. The summed E-state index contributed by atoms with van der Waals surface area (Å²) in [6.45, 7) is 6.99. The van der Waals surface area contributed by atoms with E-state index < -0.39 is 0 Å². The summed E-state index contributed by atoms with van der Waals surface area (Å²) in [4.78, 5) is 13.3. The molecule has 0 fully saturated rings. The van der Waals surface area contributed by atoms with Gasteiger partial charge in [0.05, 0.1) is 0 Å². The van der Waals surface area contributed by atoms with Crippen LogP contribution >= 0.6 is 0 Å². The minimum atomic E-state index is -0.250. The van der Waals surface area contributed by atoms with Crippen LogP contribution in [0.5, 0.6) is 0 Å². The first-order chi connectivity index (χ1) is 6.57. The molecule has 0 N–H and O–H groups in total. The van der Waals surface area contributed by atoms with Gasteiger partial charge in [-0.2, -0.15) is 0 Å². The van der Waals surface area contributed by atoms with Crippen LogP contribution in [0.15, 0.2) is 12.2 Å². The number of carbonyl (C=O) groups is 1. The smallest absolute Gasteiger partial charge is 0.333 e. The van der Waals surface area contributed by atoms with E-state index in [0.717, 1.165) is 25.8 Å². The lowest BCUT2D eigenvalue weighted by Gasteiger charge is -2.10. The molecule has 82 valence electrons. The maximum absolute atomic E-state index is 11.3. The summed E-state index contributed by atoms with van der Waals surface area (Å²) in [7, 11) is 3.89. The van der Waals surface area contributed by atoms with Crippen LogP contribution in [-0.2, 0) is 9.53 Å². The molecular weight excluding hydrogens is 178 g/mol. The molecule has 0 bridgehead atoms.